The molecule has 1 aliphatic rings. The lowest BCUT2D eigenvalue weighted by molar-refractivity contribution is 0.516. The molecular weight excluding hydrogens is 234 g/mol. The van der Waals surface area contributed by atoms with Gasteiger partial charge in [-0.2, -0.15) is 0 Å². The van der Waals surface area contributed by atoms with E-state index in [1.807, 2.05) is 16.4 Å². The molecule has 6 heteroatoms. The average Bonchev–Trinajstić information content (AvgIpc) is 2.97. The molecule has 1 aromatic heterocycles. The van der Waals surface area contributed by atoms with E-state index in [9.17, 15) is 0 Å². The zero-order valence-corrected chi connectivity index (χ0v) is 11.2. The molecule has 0 spiro atoms. The van der Waals surface area contributed by atoms with Crippen molar-refractivity contribution < 1.29 is 0 Å². The Morgan fingerprint density at radius 3 is 3.00 bits per heavy atom. The van der Waals surface area contributed by atoms with Crippen LogP contribution in [0.5, 0.6) is 0 Å². The van der Waals surface area contributed by atoms with Crippen LogP contribution in [0, 0.1) is 5.92 Å². The van der Waals surface area contributed by atoms with Crippen molar-refractivity contribution in [1.82, 2.24) is 25.5 Å². The Balaban J connectivity index is 1.76. The predicted octanol–water partition coefficient (Wildman–Crippen LogP) is 1.56. The summed E-state index contributed by atoms with van der Waals surface area (Å²) in [5.41, 5.74) is 0. The second-order valence-electron chi connectivity index (χ2n) is 4.50. The third-order valence-corrected chi connectivity index (χ3v) is 4.36. The Morgan fingerprint density at radius 1 is 1.41 bits per heavy atom. The first-order valence-corrected chi connectivity index (χ1v) is 7.48. The van der Waals surface area contributed by atoms with Gasteiger partial charge in [0.2, 0.25) is 5.16 Å². The lowest BCUT2D eigenvalue weighted by Gasteiger charge is -2.08. The highest BCUT2D eigenvalue weighted by Gasteiger charge is 2.16. The van der Waals surface area contributed by atoms with Crippen molar-refractivity contribution in [2.24, 2.45) is 5.92 Å². The topological polar surface area (TPSA) is 55.6 Å². The summed E-state index contributed by atoms with van der Waals surface area (Å²) in [6.07, 6.45) is 5.56. The maximum Gasteiger partial charge on any atom is 0.209 e. The predicted molar refractivity (Wildman–Crippen MR) is 69.0 cm³/mol. The van der Waals surface area contributed by atoms with Crippen molar-refractivity contribution in [1.29, 1.82) is 0 Å². The molecule has 0 radical (unpaired) electrons. The van der Waals surface area contributed by atoms with E-state index in [0.29, 0.717) is 0 Å². The molecule has 96 valence electrons. The Bertz CT molecular complexity index is 321. The van der Waals surface area contributed by atoms with E-state index in [1.54, 1.807) is 0 Å². The summed E-state index contributed by atoms with van der Waals surface area (Å²) in [4.78, 5) is 0. The van der Waals surface area contributed by atoms with Crippen LogP contribution in [-0.2, 0) is 6.54 Å². The molecular formula is C11H21N5S. The number of tetrazole rings is 1. The fourth-order valence-electron chi connectivity index (χ4n) is 2.17. The van der Waals surface area contributed by atoms with Gasteiger partial charge in [-0.3, -0.25) is 0 Å². The highest BCUT2D eigenvalue weighted by Crippen LogP contribution is 2.29. The van der Waals surface area contributed by atoms with Crippen molar-refractivity contribution >= 4 is 11.8 Å². The fraction of sp³-hybridized carbons (Fsp3) is 0.909. The lowest BCUT2D eigenvalue weighted by atomic mass is 10.1. The summed E-state index contributed by atoms with van der Waals surface area (Å²) in [7, 11) is 0. The van der Waals surface area contributed by atoms with Gasteiger partial charge < -0.3 is 5.32 Å². The van der Waals surface area contributed by atoms with Gasteiger partial charge in [-0.1, -0.05) is 31.5 Å². The lowest BCUT2D eigenvalue weighted by Crippen LogP contribution is -2.20. The number of nitrogens with zero attached hydrogens (tertiary/aromatic N) is 4. The number of hydrogen-bond acceptors (Lipinski definition) is 5. The molecule has 0 aliphatic heterocycles. The second kappa shape index (κ2) is 6.96. The van der Waals surface area contributed by atoms with Crippen LogP contribution in [0.4, 0.5) is 0 Å². The zero-order valence-electron chi connectivity index (χ0n) is 10.4. The summed E-state index contributed by atoms with van der Waals surface area (Å²) in [5.74, 6) is 2.04. The Morgan fingerprint density at radius 2 is 2.24 bits per heavy atom. The monoisotopic (exact) mass is 255 g/mol. The average molecular weight is 255 g/mol. The Labute approximate surface area is 107 Å². The van der Waals surface area contributed by atoms with Crippen LogP contribution in [-0.4, -0.2) is 39.0 Å². The van der Waals surface area contributed by atoms with E-state index in [0.717, 1.165) is 30.7 Å². The SMILES string of the molecule is CCNCCn1nnnc1SCC1CCCC1. The van der Waals surface area contributed by atoms with Crippen LogP contribution in [0.25, 0.3) is 0 Å². The summed E-state index contributed by atoms with van der Waals surface area (Å²) in [6, 6.07) is 0. The van der Waals surface area contributed by atoms with E-state index in [4.69, 9.17) is 0 Å². The second-order valence-corrected chi connectivity index (χ2v) is 5.49. The maximum atomic E-state index is 4.09. The van der Waals surface area contributed by atoms with E-state index in [1.165, 1.54) is 31.4 Å². The van der Waals surface area contributed by atoms with Gasteiger partial charge in [0.15, 0.2) is 0 Å². The molecule has 1 aliphatic carbocycles. The highest BCUT2D eigenvalue weighted by atomic mass is 32.2. The van der Waals surface area contributed by atoms with Crippen molar-refractivity contribution in [2.75, 3.05) is 18.8 Å². The van der Waals surface area contributed by atoms with Gasteiger partial charge in [-0.15, -0.1) is 5.10 Å². The van der Waals surface area contributed by atoms with Crippen molar-refractivity contribution in [3.05, 3.63) is 0 Å². The fourth-order valence-corrected chi connectivity index (χ4v) is 3.26. The first-order chi connectivity index (χ1) is 8.40. The van der Waals surface area contributed by atoms with Crippen LogP contribution in [0.1, 0.15) is 32.6 Å². The molecule has 5 nitrogen and oxygen atoms in total. The summed E-state index contributed by atoms with van der Waals surface area (Å²) < 4.78 is 1.91. The van der Waals surface area contributed by atoms with Crippen LogP contribution < -0.4 is 5.32 Å². The van der Waals surface area contributed by atoms with E-state index < -0.39 is 0 Å². The largest absolute Gasteiger partial charge is 0.315 e. The number of nitrogens with one attached hydrogen (secondary N) is 1. The van der Waals surface area contributed by atoms with Crippen molar-refractivity contribution in [3.63, 3.8) is 0 Å². The van der Waals surface area contributed by atoms with Gasteiger partial charge in [-0.05, 0) is 35.7 Å². The Hall–Kier alpha value is -0.620. The molecule has 1 saturated carbocycles. The maximum absolute atomic E-state index is 4.09. The summed E-state index contributed by atoms with van der Waals surface area (Å²) in [6.45, 7) is 4.88. The van der Waals surface area contributed by atoms with Gasteiger partial charge in [-0.25, -0.2) is 4.68 Å². The summed E-state index contributed by atoms with van der Waals surface area (Å²) >= 11 is 1.81. The zero-order chi connectivity index (χ0) is 11.9. The third-order valence-electron chi connectivity index (χ3n) is 3.17. The van der Waals surface area contributed by atoms with Crippen LogP contribution in [0.15, 0.2) is 5.16 Å². The molecule has 1 fully saturated rings. The Kier molecular flexibility index (Phi) is 5.25. The van der Waals surface area contributed by atoms with Crippen LogP contribution in [0.3, 0.4) is 0 Å². The van der Waals surface area contributed by atoms with E-state index in [2.05, 4.69) is 27.8 Å². The standard InChI is InChI=1S/C11H21N5S/c1-2-12-7-8-16-11(13-14-15-16)17-9-10-5-3-4-6-10/h10,12H,2-9H2,1H3. The van der Waals surface area contributed by atoms with Crippen molar-refractivity contribution in [3.8, 4) is 0 Å². The molecule has 2 rings (SSSR count). The first kappa shape index (κ1) is 12.8. The normalized spacial score (nSPS) is 16.8. The molecule has 0 aromatic carbocycles. The molecule has 0 saturated heterocycles. The van der Waals surface area contributed by atoms with Gasteiger partial charge in [0.25, 0.3) is 0 Å². The first-order valence-electron chi connectivity index (χ1n) is 6.50. The molecule has 0 unspecified atom stereocenters. The molecule has 0 amide bonds. The van der Waals surface area contributed by atoms with Gasteiger partial charge in [0, 0.05) is 12.3 Å². The van der Waals surface area contributed by atoms with Crippen LogP contribution >= 0.6 is 11.8 Å². The number of thioether (sulfide) groups is 1. The van der Waals surface area contributed by atoms with E-state index in [-0.39, 0.29) is 0 Å². The highest BCUT2D eigenvalue weighted by molar-refractivity contribution is 7.99. The molecule has 17 heavy (non-hydrogen) atoms. The molecule has 1 N–H and O–H groups in total. The minimum absolute atomic E-state index is 0.855. The smallest absolute Gasteiger partial charge is 0.209 e. The molecule has 0 bridgehead atoms. The molecule has 0 atom stereocenters. The number of hydrogen-bond donors (Lipinski definition) is 1. The molecule has 1 heterocycles. The quantitative estimate of drug-likeness (QED) is 0.592. The van der Waals surface area contributed by atoms with Gasteiger partial charge >= 0.3 is 0 Å². The minimum Gasteiger partial charge on any atom is -0.315 e. The van der Waals surface area contributed by atoms with Gasteiger partial charge in [0.1, 0.15) is 0 Å². The third kappa shape index (κ3) is 3.96. The van der Waals surface area contributed by atoms with Gasteiger partial charge in [0.05, 0.1) is 6.54 Å². The number of rotatable bonds is 7. The van der Waals surface area contributed by atoms with E-state index >= 15 is 0 Å². The molecule has 1 aromatic rings. The van der Waals surface area contributed by atoms with Crippen molar-refractivity contribution in [2.45, 2.75) is 44.3 Å². The van der Waals surface area contributed by atoms with Crippen LogP contribution in [0.2, 0.25) is 0 Å². The number of likely N-dealkylation sites (N-methyl/N-ethyl adjacent to an activating group) is 1. The minimum atomic E-state index is 0.855. The summed E-state index contributed by atoms with van der Waals surface area (Å²) in [5, 5.41) is 16.1. The number of aromatic nitrogens is 4.